The van der Waals surface area contributed by atoms with Gasteiger partial charge in [0, 0.05) is 62.5 Å². The molecule has 8 rings (SSSR count). The summed E-state index contributed by atoms with van der Waals surface area (Å²) < 4.78 is 8.39. The predicted molar refractivity (Wildman–Crippen MR) is 260 cm³/mol. The highest BCUT2D eigenvalue weighted by Gasteiger charge is 2.36. The molecule has 18 nitrogen and oxygen atoms in total. The van der Waals surface area contributed by atoms with E-state index < -0.39 is 11.8 Å². The zero-order valence-electron chi connectivity index (χ0n) is 35.9. The summed E-state index contributed by atoms with van der Waals surface area (Å²) in [5.74, 6) is 7.66. The van der Waals surface area contributed by atoms with Crippen molar-refractivity contribution in [1.29, 1.82) is 0 Å². The molecule has 0 spiro atoms. The molecule has 336 valence electrons. The summed E-state index contributed by atoms with van der Waals surface area (Å²) in [6, 6.07) is 7.46. The Labute approximate surface area is 398 Å². The number of carbonyl (C=O) groups is 4. The van der Waals surface area contributed by atoms with Gasteiger partial charge in [-0.1, -0.05) is 42.3 Å². The summed E-state index contributed by atoms with van der Waals surface area (Å²) in [5, 5.41) is 15.9. The predicted octanol–water partition coefficient (Wildman–Crippen LogP) is 4.90. The summed E-state index contributed by atoms with van der Waals surface area (Å²) in [4.78, 5) is 58.8. The van der Waals surface area contributed by atoms with Crippen LogP contribution in [0.1, 0.15) is 63.6 Å². The molecule has 0 saturated carbocycles. The van der Waals surface area contributed by atoms with E-state index >= 15 is 0 Å². The summed E-state index contributed by atoms with van der Waals surface area (Å²) in [6.45, 7) is 14.6. The Morgan fingerprint density at radius 1 is 0.769 bits per heavy atom. The van der Waals surface area contributed by atoms with Gasteiger partial charge in [0.05, 0.1) is 56.9 Å². The molecule has 65 heavy (non-hydrogen) atoms. The van der Waals surface area contributed by atoms with Gasteiger partial charge in [-0.15, -0.1) is 6.42 Å². The molecule has 4 aromatic heterocycles. The van der Waals surface area contributed by atoms with E-state index in [1.54, 1.807) is 45.7 Å². The minimum atomic E-state index is -0.647. The maximum atomic E-state index is 12.2. The normalized spacial score (nSPS) is 13.2. The Bertz CT molecular complexity index is 2970. The van der Waals surface area contributed by atoms with E-state index in [2.05, 4.69) is 95.8 Å². The van der Waals surface area contributed by atoms with Crippen LogP contribution in [0.5, 0.6) is 0 Å². The van der Waals surface area contributed by atoms with Gasteiger partial charge in [-0.25, -0.2) is 19.3 Å². The largest absolute Gasteiger partial charge is 0.373 e. The lowest BCUT2D eigenvalue weighted by molar-refractivity contribution is -0.132. The van der Waals surface area contributed by atoms with E-state index in [0.717, 1.165) is 43.7 Å². The third kappa shape index (κ3) is 9.67. The van der Waals surface area contributed by atoms with Crippen LogP contribution in [0.25, 0.3) is 22.1 Å². The van der Waals surface area contributed by atoms with E-state index in [9.17, 15) is 19.2 Å². The third-order valence-corrected chi connectivity index (χ3v) is 12.5. The van der Waals surface area contributed by atoms with Crippen molar-refractivity contribution in [3.63, 3.8) is 0 Å². The fourth-order valence-electron chi connectivity index (χ4n) is 7.23. The molecule has 2 saturated heterocycles. The van der Waals surface area contributed by atoms with Crippen LogP contribution in [0.3, 0.4) is 0 Å². The van der Waals surface area contributed by atoms with Crippen LogP contribution in [-0.4, -0.2) is 112 Å². The zero-order chi connectivity index (χ0) is 47.3. The maximum absolute atomic E-state index is 12.2. The number of carbonyl (C=O) groups excluding carboxylic acids is 4. The van der Waals surface area contributed by atoms with Crippen molar-refractivity contribution in [2.75, 3.05) is 50.9 Å². The number of likely N-dealkylation sites (tertiary alicyclic amines) is 2. The highest BCUT2D eigenvalue weighted by molar-refractivity contribution is 14.1. The first-order valence-electron chi connectivity index (χ1n) is 20.1. The number of anilines is 2. The molecular weight excluding hydrogens is 986 g/mol. The molecule has 0 unspecified atom stereocenters. The topological polar surface area (TPSA) is 222 Å². The van der Waals surface area contributed by atoms with E-state index in [0.29, 0.717) is 48.4 Å². The van der Waals surface area contributed by atoms with E-state index in [-0.39, 0.29) is 46.4 Å². The average molecular weight is 1030 g/mol. The number of nitrogens with one attached hydrogen (secondary N) is 2. The van der Waals surface area contributed by atoms with Crippen LogP contribution < -0.4 is 22.1 Å². The Balaban J connectivity index is 0.000000180. The summed E-state index contributed by atoms with van der Waals surface area (Å²) >= 11 is 14.7. The van der Waals surface area contributed by atoms with Gasteiger partial charge < -0.3 is 41.0 Å². The van der Waals surface area contributed by atoms with Crippen molar-refractivity contribution in [3.05, 3.63) is 104 Å². The number of nitrogens with zero attached hydrogens (tertiary/aromatic N) is 10. The number of aryl methyl sites for hydroxylation is 2. The van der Waals surface area contributed by atoms with Crippen LogP contribution in [-0.2, 0) is 22.7 Å². The minimum Gasteiger partial charge on any atom is -0.373 e. The lowest BCUT2D eigenvalue weighted by Gasteiger charge is -2.39. The average Bonchev–Trinajstić information content (AvgIpc) is 4.04. The number of hydrogen-bond acceptors (Lipinski definition) is 10. The number of halogens is 3. The molecule has 0 radical (unpaired) electrons. The molecule has 2 aliphatic rings. The smallest absolute Gasteiger partial charge is 0.255 e. The first-order valence-corrected chi connectivity index (χ1v) is 21.9. The van der Waals surface area contributed by atoms with Crippen molar-refractivity contribution in [1.82, 2.24) is 48.5 Å². The molecule has 0 atom stereocenters. The van der Waals surface area contributed by atoms with Gasteiger partial charge in [0.2, 0.25) is 11.8 Å². The van der Waals surface area contributed by atoms with Crippen molar-refractivity contribution in [3.8, 4) is 24.2 Å². The fourth-order valence-corrected chi connectivity index (χ4v) is 8.04. The lowest BCUT2D eigenvalue weighted by Crippen LogP contribution is -2.50. The van der Waals surface area contributed by atoms with Gasteiger partial charge in [-0.2, -0.15) is 10.2 Å². The molecule has 6 N–H and O–H groups in total. The van der Waals surface area contributed by atoms with Crippen molar-refractivity contribution in [2.24, 2.45) is 11.5 Å². The van der Waals surface area contributed by atoms with Crippen LogP contribution in [0.15, 0.2) is 62.2 Å². The fraction of sp³-hybridized carbons (Fsp3) is 0.273. The Morgan fingerprint density at radius 3 is 1.65 bits per heavy atom. The number of rotatable bonds is 10. The summed E-state index contributed by atoms with van der Waals surface area (Å²) in [7, 11) is 3.34. The SMILES string of the molecule is C#Cc1nn(C2CN(C(=O)C=C)C2)c(NC)c1C(N)=O.C=CC(=O)N1CC(n2nc(C#Cc3cc4ncn(CC)c4cc3Cl)c(C(N)=O)c2NC)C1.CCn1cnc2cc(I)c(Cl)cc21. The van der Waals surface area contributed by atoms with Gasteiger partial charge in [-0.05, 0) is 84.7 Å². The first-order chi connectivity index (χ1) is 31.1. The zero-order valence-corrected chi connectivity index (χ0v) is 39.6. The number of primary amides is 2. The van der Waals surface area contributed by atoms with Gasteiger partial charge in [0.1, 0.15) is 28.5 Å². The molecular formula is C44H45Cl2IN14O4. The van der Waals surface area contributed by atoms with Gasteiger partial charge in [0.15, 0.2) is 5.69 Å². The highest BCUT2D eigenvalue weighted by Crippen LogP contribution is 2.31. The minimum absolute atomic E-state index is 0.0402. The lowest BCUT2D eigenvalue weighted by atomic mass is 10.1. The number of benzene rings is 2. The van der Waals surface area contributed by atoms with Gasteiger partial charge >= 0.3 is 0 Å². The molecule has 6 aromatic rings. The monoisotopic (exact) mass is 1030 g/mol. The second-order valence-electron chi connectivity index (χ2n) is 14.5. The van der Waals surface area contributed by atoms with Gasteiger partial charge in [0.25, 0.3) is 11.8 Å². The second kappa shape index (κ2) is 20.4. The molecule has 21 heteroatoms. The molecule has 0 aliphatic carbocycles. The molecule has 2 aliphatic heterocycles. The van der Waals surface area contributed by atoms with Crippen LogP contribution in [0, 0.1) is 27.8 Å². The van der Waals surface area contributed by atoms with Crippen LogP contribution in [0.4, 0.5) is 11.6 Å². The van der Waals surface area contributed by atoms with Gasteiger partial charge in [-0.3, -0.25) is 19.2 Å². The standard InChI is InChI=1S/C22H22ClN7O2.C13H15N5O2.C9H8ClIN2/c1-4-19(31)29-10-14(11-29)30-22(25-3)20(21(24)32)16(27-30)7-6-13-8-17-18(9-15(13)23)28(5-2)12-26-17;1-4-9-11(12(14)20)13(15-3)18(16-9)8-6-17(7-8)10(19)5-2;1-2-13-5-12-8-4-7(11)6(10)3-9(8)13/h4,8-9,12,14,25H,1,5,10-11H2,2-3H3,(H2,24,32);1,5,8,15H,2,6-7H2,3H3,(H2,14,20);3-5H,2H2,1H3. The quantitative estimate of drug-likeness (QED) is 0.0826. The second-order valence-corrected chi connectivity index (χ2v) is 16.5. The number of nitrogens with two attached hydrogens (primary N) is 2. The van der Waals surface area contributed by atoms with Crippen LogP contribution in [0.2, 0.25) is 10.0 Å². The Morgan fingerprint density at radius 2 is 1.22 bits per heavy atom. The first kappa shape index (κ1) is 47.7. The van der Waals surface area contributed by atoms with Crippen LogP contribution >= 0.6 is 45.8 Å². The number of fused-ring (bicyclic) bond motifs is 2. The van der Waals surface area contributed by atoms with E-state index in [4.69, 9.17) is 41.1 Å². The molecule has 0 bridgehead atoms. The molecule has 6 heterocycles. The highest BCUT2D eigenvalue weighted by atomic mass is 127. The Hall–Kier alpha value is -6.81. The number of amides is 4. The van der Waals surface area contributed by atoms with E-state index in [1.807, 2.05) is 36.0 Å². The molecule has 2 fully saturated rings. The van der Waals surface area contributed by atoms with Crippen molar-refractivity contribution in [2.45, 2.75) is 39.0 Å². The molecule has 4 amide bonds. The third-order valence-electron chi connectivity index (χ3n) is 10.7. The maximum Gasteiger partial charge on any atom is 0.255 e. The number of imidazole rings is 2. The van der Waals surface area contributed by atoms with Crippen molar-refractivity contribution >= 4 is 103 Å². The van der Waals surface area contributed by atoms with E-state index in [1.165, 1.54) is 12.2 Å². The summed E-state index contributed by atoms with van der Waals surface area (Å²) in [6.07, 6.45) is 11.5. The number of aromatic nitrogens is 8. The summed E-state index contributed by atoms with van der Waals surface area (Å²) in [5.41, 5.74) is 16.2. The van der Waals surface area contributed by atoms with Crippen molar-refractivity contribution < 1.29 is 19.2 Å². The Kier molecular flexibility index (Phi) is 14.9. The number of terminal acetylenes is 1. The molecule has 2 aromatic carbocycles. The number of hydrogen-bond donors (Lipinski definition) is 4.